The highest BCUT2D eigenvalue weighted by Gasteiger charge is 2.45. The van der Waals surface area contributed by atoms with Crippen LogP contribution < -0.4 is 10.1 Å². The molecular formula is C23H16F2N2O3. The van der Waals surface area contributed by atoms with Gasteiger partial charge >= 0.3 is 0 Å². The Hall–Kier alpha value is -3.87. The number of H-pyrrole nitrogens is 1. The second-order valence-electron chi connectivity index (χ2n) is 6.85. The molecule has 1 unspecified atom stereocenters. The highest BCUT2D eigenvalue weighted by atomic mass is 19.1. The molecule has 1 N–H and O–H groups in total. The van der Waals surface area contributed by atoms with Gasteiger partial charge in [-0.2, -0.15) is 0 Å². The van der Waals surface area contributed by atoms with Crippen molar-refractivity contribution in [2.45, 2.75) is 12.6 Å². The zero-order valence-electron chi connectivity index (χ0n) is 15.6. The molecule has 0 radical (unpaired) electrons. The minimum atomic E-state index is -1.19. The van der Waals surface area contributed by atoms with Gasteiger partial charge in [-0.1, -0.05) is 36.1 Å². The Kier molecular flexibility index (Phi) is 5.10. The second-order valence-corrected chi connectivity index (χ2v) is 6.85. The maximum absolute atomic E-state index is 14.7. The fourth-order valence-electron chi connectivity index (χ4n) is 3.54. The number of likely N-dealkylation sites (tertiary alicyclic amines) is 1. The molecule has 1 aliphatic rings. The van der Waals surface area contributed by atoms with Crippen molar-refractivity contribution in [3.05, 3.63) is 107 Å². The van der Waals surface area contributed by atoms with Crippen molar-refractivity contribution in [2.24, 2.45) is 0 Å². The number of hydrogen-bond acceptors (Lipinski definition) is 3. The summed E-state index contributed by atoms with van der Waals surface area (Å²) in [6.07, 6.45) is 3.33. The Bertz CT molecular complexity index is 1140. The van der Waals surface area contributed by atoms with Crippen LogP contribution in [0.25, 0.3) is 5.76 Å². The van der Waals surface area contributed by atoms with Crippen LogP contribution in [0.5, 0.6) is 0 Å². The quantitative estimate of drug-likeness (QED) is 0.379. The van der Waals surface area contributed by atoms with Crippen molar-refractivity contribution >= 4 is 17.4 Å². The molecule has 1 saturated heterocycles. The van der Waals surface area contributed by atoms with Crippen LogP contribution in [0.1, 0.15) is 22.7 Å². The van der Waals surface area contributed by atoms with Crippen molar-refractivity contribution in [1.29, 1.82) is 0 Å². The summed E-state index contributed by atoms with van der Waals surface area (Å²) >= 11 is 0. The van der Waals surface area contributed by atoms with Crippen molar-refractivity contribution in [1.82, 2.24) is 4.90 Å². The van der Waals surface area contributed by atoms with Crippen LogP contribution in [0.4, 0.5) is 8.78 Å². The average molecular weight is 406 g/mol. The summed E-state index contributed by atoms with van der Waals surface area (Å²) in [4.78, 5) is 29.7. The number of Topliss-reactive ketones (excluding diaryl/α,β-unsaturated/α-hetero) is 1. The lowest BCUT2D eigenvalue weighted by atomic mass is 9.95. The lowest BCUT2D eigenvalue weighted by Gasteiger charge is -2.27. The van der Waals surface area contributed by atoms with Crippen molar-refractivity contribution in [3.63, 3.8) is 0 Å². The summed E-state index contributed by atoms with van der Waals surface area (Å²) in [5.74, 6) is -3.80. The number of aromatic nitrogens is 1. The Morgan fingerprint density at radius 2 is 1.73 bits per heavy atom. The fourth-order valence-corrected chi connectivity index (χ4v) is 3.54. The number of carbonyl (C=O) groups excluding carboxylic acids is 2. The molecule has 0 saturated carbocycles. The molecule has 7 heteroatoms. The van der Waals surface area contributed by atoms with Gasteiger partial charge < -0.3 is 10.0 Å². The Balaban J connectivity index is 1.88. The third kappa shape index (κ3) is 3.45. The summed E-state index contributed by atoms with van der Waals surface area (Å²) in [6, 6.07) is 12.6. The molecule has 1 atom stereocenters. The topological polar surface area (TPSA) is 74.6 Å². The fraction of sp³-hybridized carbons (Fsp3) is 0.0870. The van der Waals surface area contributed by atoms with Gasteiger partial charge in [0, 0.05) is 22.8 Å². The van der Waals surface area contributed by atoms with E-state index in [1.807, 2.05) is 0 Å². The van der Waals surface area contributed by atoms with Gasteiger partial charge in [-0.05, 0) is 29.8 Å². The minimum Gasteiger partial charge on any atom is -0.872 e. The van der Waals surface area contributed by atoms with Crippen LogP contribution in [0.2, 0.25) is 0 Å². The van der Waals surface area contributed by atoms with Gasteiger partial charge in [0.05, 0.1) is 12.6 Å². The number of rotatable bonds is 4. The molecule has 2 heterocycles. The zero-order chi connectivity index (χ0) is 21.3. The van der Waals surface area contributed by atoms with Crippen molar-refractivity contribution in [3.8, 4) is 0 Å². The average Bonchev–Trinajstić information content (AvgIpc) is 3.00. The predicted molar refractivity (Wildman–Crippen MR) is 101 cm³/mol. The van der Waals surface area contributed by atoms with E-state index in [0.717, 1.165) is 12.1 Å². The Morgan fingerprint density at radius 3 is 2.40 bits per heavy atom. The number of aromatic amines is 1. The van der Waals surface area contributed by atoms with E-state index in [4.69, 9.17) is 0 Å². The maximum Gasteiger partial charge on any atom is 0.295 e. The van der Waals surface area contributed by atoms with E-state index in [2.05, 4.69) is 4.98 Å². The van der Waals surface area contributed by atoms with E-state index in [0.29, 0.717) is 5.56 Å². The lowest BCUT2D eigenvalue weighted by Crippen LogP contribution is -2.30. The Labute approximate surface area is 170 Å². The molecule has 0 aliphatic carbocycles. The first kappa shape index (κ1) is 19.4. The molecule has 1 aromatic heterocycles. The Morgan fingerprint density at radius 1 is 1.00 bits per heavy atom. The molecule has 5 nitrogen and oxygen atoms in total. The standard InChI is InChI=1S/C23H16F2N2O3/c24-16-9-7-15(8-10-16)21(28)19-20(17-5-1-2-6-18(17)25)27(23(30)22(19)29)13-14-4-3-11-26-12-14/h1-12,20,28H,13H2/b21-19+. The monoisotopic (exact) mass is 406 g/mol. The largest absolute Gasteiger partial charge is 0.872 e. The normalized spacial score (nSPS) is 18.1. The van der Waals surface area contributed by atoms with Gasteiger partial charge in [0.2, 0.25) is 5.78 Å². The molecule has 150 valence electrons. The van der Waals surface area contributed by atoms with Crippen LogP contribution >= 0.6 is 0 Å². The van der Waals surface area contributed by atoms with Crippen LogP contribution in [0, 0.1) is 11.6 Å². The molecule has 1 fully saturated rings. The van der Waals surface area contributed by atoms with E-state index < -0.39 is 35.1 Å². The molecule has 30 heavy (non-hydrogen) atoms. The summed E-state index contributed by atoms with van der Waals surface area (Å²) in [7, 11) is 0. The number of benzene rings is 2. The summed E-state index contributed by atoms with van der Waals surface area (Å²) in [6.45, 7) is 0.00110. The number of pyridine rings is 1. The number of amides is 1. The first-order chi connectivity index (χ1) is 14.5. The van der Waals surface area contributed by atoms with E-state index in [-0.39, 0.29) is 23.2 Å². The number of nitrogens with zero attached hydrogens (tertiary/aromatic N) is 1. The van der Waals surface area contributed by atoms with E-state index >= 15 is 0 Å². The van der Waals surface area contributed by atoms with Crippen molar-refractivity contribution in [2.75, 3.05) is 0 Å². The molecule has 0 spiro atoms. The molecule has 1 amide bonds. The van der Waals surface area contributed by atoms with Gasteiger partial charge in [-0.3, -0.25) is 9.59 Å². The summed E-state index contributed by atoms with van der Waals surface area (Å²) in [5, 5.41) is 13.1. The van der Waals surface area contributed by atoms with Gasteiger partial charge in [-0.25, -0.2) is 13.8 Å². The summed E-state index contributed by atoms with van der Waals surface area (Å²) < 4.78 is 27.9. The molecular weight excluding hydrogens is 390 g/mol. The van der Waals surface area contributed by atoms with Gasteiger partial charge in [-0.15, -0.1) is 0 Å². The molecule has 2 aromatic carbocycles. The summed E-state index contributed by atoms with van der Waals surface area (Å²) in [5.41, 5.74) is 0.415. The first-order valence-electron chi connectivity index (χ1n) is 9.19. The van der Waals surface area contributed by atoms with Crippen LogP contribution in [-0.2, 0) is 16.1 Å². The third-order valence-electron chi connectivity index (χ3n) is 4.96. The first-order valence-corrected chi connectivity index (χ1v) is 9.19. The van der Waals surface area contributed by atoms with Crippen LogP contribution in [0.3, 0.4) is 0 Å². The van der Waals surface area contributed by atoms with Gasteiger partial charge in [0.15, 0.2) is 12.4 Å². The molecule has 4 rings (SSSR count). The predicted octanol–water partition coefficient (Wildman–Crippen LogP) is 2.20. The molecule has 3 aromatic rings. The number of hydrogen-bond donors (Lipinski definition) is 0. The number of nitrogens with one attached hydrogen (secondary N) is 1. The highest BCUT2D eigenvalue weighted by Crippen LogP contribution is 2.40. The minimum absolute atomic E-state index is 0.00110. The van der Waals surface area contributed by atoms with Gasteiger partial charge in [0.1, 0.15) is 11.6 Å². The smallest absolute Gasteiger partial charge is 0.295 e. The number of ketones is 1. The van der Waals surface area contributed by atoms with Crippen LogP contribution in [-0.4, -0.2) is 16.6 Å². The van der Waals surface area contributed by atoms with E-state index in [1.54, 1.807) is 30.6 Å². The highest BCUT2D eigenvalue weighted by molar-refractivity contribution is 6.46. The van der Waals surface area contributed by atoms with Crippen molar-refractivity contribution < 1.29 is 28.5 Å². The third-order valence-corrected chi connectivity index (χ3v) is 4.96. The van der Waals surface area contributed by atoms with Gasteiger partial charge in [0.25, 0.3) is 5.91 Å². The SMILES string of the molecule is O=C1C(=O)N(Cc2ccc[nH+]c2)C(c2ccccc2F)/C1=C(\[O-])c1ccc(F)cc1. The van der Waals surface area contributed by atoms with E-state index in [9.17, 15) is 23.5 Å². The molecule has 0 bridgehead atoms. The second kappa shape index (κ2) is 7.87. The molecule has 1 aliphatic heterocycles. The van der Waals surface area contributed by atoms with Crippen LogP contribution in [0.15, 0.2) is 78.6 Å². The zero-order valence-corrected chi connectivity index (χ0v) is 15.6. The maximum atomic E-state index is 14.7. The number of halogens is 2. The number of carbonyl (C=O) groups is 2. The lowest BCUT2D eigenvalue weighted by molar-refractivity contribution is -0.378. The van der Waals surface area contributed by atoms with E-state index in [1.165, 1.54) is 35.2 Å².